The highest BCUT2D eigenvalue weighted by Gasteiger charge is 2.14. The molecule has 4 nitrogen and oxygen atoms in total. The molecule has 0 rings (SSSR count). The average molecular weight is 209 g/mol. The highest BCUT2D eigenvalue weighted by atomic mass is 32.2. The molecule has 0 amide bonds. The van der Waals surface area contributed by atoms with Gasteiger partial charge in [0, 0.05) is 13.2 Å². The van der Waals surface area contributed by atoms with E-state index in [4.69, 9.17) is 4.74 Å². The molecule has 0 fully saturated rings. The van der Waals surface area contributed by atoms with Crippen molar-refractivity contribution >= 4 is 10.0 Å². The predicted octanol–water partition coefficient (Wildman–Crippen LogP) is 0.741. The van der Waals surface area contributed by atoms with E-state index >= 15 is 0 Å². The lowest BCUT2D eigenvalue weighted by Crippen LogP contribution is -2.36. The Balaban J connectivity index is 4.00. The highest BCUT2D eigenvalue weighted by molar-refractivity contribution is 7.89. The van der Waals surface area contributed by atoms with Gasteiger partial charge in [-0.3, -0.25) is 0 Å². The number of nitrogens with one attached hydrogen (secondary N) is 1. The molecule has 0 heterocycles. The molecule has 0 bridgehead atoms. The third kappa shape index (κ3) is 6.01. The molecule has 13 heavy (non-hydrogen) atoms. The molecule has 80 valence electrons. The molecule has 0 saturated carbocycles. The molecule has 0 aromatic rings. The molecule has 0 unspecified atom stereocenters. The second kappa shape index (κ2) is 6.34. The fraction of sp³-hybridized carbons (Fsp3) is 1.00. The Bertz CT molecular complexity index is 209. The number of sulfonamides is 1. The van der Waals surface area contributed by atoms with Crippen molar-refractivity contribution in [2.45, 2.75) is 32.7 Å². The fourth-order valence-electron chi connectivity index (χ4n) is 0.961. The molecule has 5 heteroatoms. The van der Waals surface area contributed by atoms with Crippen molar-refractivity contribution in [3.63, 3.8) is 0 Å². The third-order valence-corrected chi connectivity index (χ3v) is 3.28. The lowest BCUT2D eigenvalue weighted by atomic mass is 10.2. The van der Waals surface area contributed by atoms with Crippen LogP contribution in [0.3, 0.4) is 0 Å². The first-order valence-electron chi connectivity index (χ1n) is 4.54. The van der Waals surface area contributed by atoms with E-state index in [9.17, 15) is 8.42 Å². The van der Waals surface area contributed by atoms with Crippen LogP contribution in [0, 0.1) is 0 Å². The Morgan fingerprint density at radius 1 is 1.31 bits per heavy atom. The number of methoxy groups -OCH3 is 1. The summed E-state index contributed by atoms with van der Waals surface area (Å²) in [4.78, 5) is 0. The van der Waals surface area contributed by atoms with Crippen molar-refractivity contribution < 1.29 is 13.2 Å². The standard InChI is InChI=1S/C8H19NO3S/c1-4-8(5-2)9-13(10,11)7-6-12-3/h8-9H,4-7H2,1-3H3. The van der Waals surface area contributed by atoms with E-state index in [0.717, 1.165) is 12.8 Å². The second-order valence-electron chi connectivity index (χ2n) is 2.94. The van der Waals surface area contributed by atoms with Gasteiger partial charge in [0.25, 0.3) is 0 Å². The Hall–Kier alpha value is -0.130. The van der Waals surface area contributed by atoms with Crippen LogP contribution in [0.25, 0.3) is 0 Å². The SMILES string of the molecule is CCC(CC)NS(=O)(=O)CCOC. The zero-order chi connectivity index (χ0) is 10.3. The lowest BCUT2D eigenvalue weighted by Gasteiger charge is -2.14. The smallest absolute Gasteiger partial charge is 0.214 e. The van der Waals surface area contributed by atoms with Crippen molar-refractivity contribution in [1.82, 2.24) is 4.72 Å². The van der Waals surface area contributed by atoms with Gasteiger partial charge in [-0.25, -0.2) is 13.1 Å². The summed E-state index contributed by atoms with van der Waals surface area (Å²) in [5.41, 5.74) is 0. The van der Waals surface area contributed by atoms with E-state index in [1.54, 1.807) is 0 Å². The summed E-state index contributed by atoms with van der Waals surface area (Å²) in [5.74, 6) is 0.0417. The molecule has 0 aliphatic heterocycles. The molecular weight excluding hydrogens is 190 g/mol. The average Bonchev–Trinajstić information content (AvgIpc) is 2.11. The van der Waals surface area contributed by atoms with Crippen molar-refractivity contribution in [1.29, 1.82) is 0 Å². The number of hydrogen-bond donors (Lipinski definition) is 1. The second-order valence-corrected chi connectivity index (χ2v) is 4.82. The van der Waals surface area contributed by atoms with E-state index in [1.165, 1.54) is 7.11 Å². The Morgan fingerprint density at radius 3 is 2.23 bits per heavy atom. The molecular formula is C8H19NO3S. The van der Waals surface area contributed by atoms with E-state index in [2.05, 4.69) is 4.72 Å². The van der Waals surface area contributed by atoms with Gasteiger partial charge in [-0.15, -0.1) is 0 Å². The summed E-state index contributed by atoms with van der Waals surface area (Å²) < 4.78 is 30.0. The summed E-state index contributed by atoms with van der Waals surface area (Å²) in [6.07, 6.45) is 1.64. The molecule has 0 atom stereocenters. The van der Waals surface area contributed by atoms with Gasteiger partial charge in [-0.1, -0.05) is 13.8 Å². The van der Waals surface area contributed by atoms with Crippen LogP contribution in [-0.4, -0.2) is 33.9 Å². The quantitative estimate of drug-likeness (QED) is 0.673. The van der Waals surface area contributed by atoms with Gasteiger partial charge in [0.15, 0.2) is 0 Å². The van der Waals surface area contributed by atoms with Crippen molar-refractivity contribution in [2.75, 3.05) is 19.5 Å². The van der Waals surface area contributed by atoms with E-state index in [0.29, 0.717) is 0 Å². The predicted molar refractivity (Wildman–Crippen MR) is 53.2 cm³/mol. The van der Waals surface area contributed by atoms with Crippen LogP contribution in [0.2, 0.25) is 0 Å². The lowest BCUT2D eigenvalue weighted by molar-refractivity contribution is 0.216. The Morgan fingerprint density at radius 2 is 1.85 bits per heavy atom. The first-order chi connectivity index (χ1) is 6.05. The minimum Gasteiger partial charge on any atom is -0.384 e. The van der Waals surface area contributed by atoms with Crippen LogP contribution in [0.5, 0.6) is 0 Å². The summed E-state index contributed by atoms with van der Waals surface area (Å²) in [5, 5.41) is 0. The van der Waals surface area contributed by atoms with E-state index in [-0.39, 0.29) is 18.4 Å². The van der Waals surface area contributed by atoms with Crippen LogP contribution in [0.1, 0.15) is 26.7 Å². The molecule has 1 N–H and O–H groups in total. The van der Waals surface area contributed by atoms with Crippen molar-refractivity contribution in [3.8, 4) is 0 Å². The zero-order valence-corrected chi connectivity index (χ0v) is 9.36. The molecule has 0 radical (unpaired) electrons. The maximum Gasteiger partial charge on any atom is 0.214 e. The van der Waals surface area contributed by atoms with Crippen LogP contribution < -0.4 is 4.72 Å². The number of rotatable bonds is 7. The van der Waals surface area contributed by atoms with Crippen LogP contribution in [0.15, 0.2) is 0 Å². The summed E-state index contributed by atoms with van der Waals surface area (Å²) in [6.45, 7) is 4.18. The van der Waals surface area contributed by atoms with Gasteiger partial charge in [0.2, 0.25) is 10.0 Å². The van der Waals surface area contributed by atoms with Crippen LogP contribution >= 0.6 is 0 Å². The number of ether oxygens (including phenoxy) is 1. The fourth-order valence-corrected chi connectivity index (χ4v) is 2.31. The van der Waals surface area contributed by atoms with Gasteiger partial charge in [0.1, 0.15) is 0 Å². The van der Waals surface area contributed by atoms with Crippen LogP contribution in [0.4, 0.5) is 0 Å². The summed E-state index contributed by atoms with van der Waals surface area (Å²) >= 11 is 0. The van der Waals surface area contributed by atoms with Gasteiger partial charge in [-0.2, -0.15) is 0 Å². The Kier molecular flexibility index (Phi) is 6.28. The van der Waals surface area contributed by atoms with Gasteiger partial charge < -0.3 is 4.74 Å². The van der Waals surface area contributed by atoms with Gasteiger partial charge in [0.05, 0.1) is 12.4 Å². The zero-order valence-electron chi connectivity index (χ0n) is 8.54. The molecule has 0 aromatic carbocycles. The van der Waals surface area contributed by atoms with E-state index in [1.807, 2.05) is 13.8 Å². The van der Waals surface area contributed by atoms with Gasteiger partial charge >= 0.3 is 0 Å². The molecule has 0 saturated heterocycles. The Labute approximate surface area is 80.7 Å². The largest absolute Gasteiger partial charge is 0.384 e. The minimum absolute atomic E-state index is 0.0417. The highest BCUT2D eigenvalue weighted by Crippen LogP contribution is 1.99. The molecule has 0 aliphatic rings. The number of hydrogen-bond acceptors (Lipinski definition) is 3. The third-order valence-electron chi connectivity index (χ3n) is 1.89. The molecule has 0 aliphatic carbocycles. The van der Waals surface area contributed by atoms with Gasteiger partial charge in [-0.05, 0) is 12.8 Å². The van der Waals surface area contributed by atoms with Crippen molar-refractivity contribution in [2.24, 2.45) is 0 Å². The maximum absolute atomic E-state index is 11.3. The maximum atomic E-state index is 11.3. The molecule has 0 aromatic heterocycles. The summed E-state index contributed by atoms with van der Waals surface area (Å²) in [7, 11) is -1.65. The normalized spacial score (nSPS) is 12.3. The first kappa shape index (κ1) is 12.9. The van der Waals surface area contributed by atoms with Crippen LogP contribution in [-0.2, 0) is 14.8 Å². The van der Waals surface area contributed by atoms with Crippen molar-refractivity contribution in [3.05, 3.63) is 0 Å². The molecule has 0 spiro atoms. The first-order valence-corrected chi connectivity index (χ1v) is 6.19. The van der Waals surface area contributed by atoms with E-state index < -0.39 is 10.0 Å². The summed E-state index contributed by atoms with van der Waals surface area (Å²) in [6, 6.07) is 0.0573. The minimum atomic E-state index is -3.14. The topological polar surface area (TPSA) is 55.4 Å². The monoisotopic (exact) mass is 209 g/mol.